The Hall–Kier alpha value is -3.67. The molecule has 1 aliphatic rings. The zero-order valence-electron chi connectivity index (χ0n) is 16.8. The Labute approximate surface area is 174 Å². The van der Waals surface area contributed by atoms with Crippen molar-refractivity contribution in [3.05, 3.63) is 93.9 Å². The number of aromatic nitrogens is 1. The molecular formula is C24H23N3O3. The van der Waals surface area contributed by atoms with E-state index >= 15 is 0 Å². The molecule has 30 heavy (non-hydrogen) atoms. The van der Waals surface area contributed by atoms with E-state index in [2.05, 4.69) is 5.32 Å². The number of carbonyl (C=O) groups excluding carboxylic acids is 2. The molecule has 6 nitrogen and oxygen atoms in total. The van der Waals surface area contributed by atoms with Crippen molar-refractivity contribution in [1.82, 2.24) is 4.57 Å². The summed E-state index contributed by atoms with van der Waals surface area (Å²) >= 11 is 0. The Balaban J connectivity index is 1.44. The van der Waals surface area contributed by atoms with Crippen LogP contribution < -0.4 is 15.8 Å². The molecule has 3 aromatic rings. The molecule has 0 unspecified atom stereocenters. The Morgan fingerprint density at radius 3 is 2.57 bits per heavy atom. The molecule has 6 heteroatoms. The van der Waals surface area contributed by atoms with Gasteiger partial charge in [-0.1, -0.05) is 25.1 Å². The minimum Gasteiger partial charge on any atom is -0.322 e. The molecule has 1 aliphatic heterocycles. The van der Waals surface area contributed by atoms with E-state index in [1.54, 1.807) is 27.8 Å². The molecule has 0 atom stereocenters. The number of amides is 2. The van der Waals surface area contributed by atoms with Crippen molar-refractivity contribution in [2.75, 3.05) is 16.8 Å². The number of nitrogens with one attached hydrogen (secondary N) is 1. The van der Waals surface area contributed by atoms with E-state index in [-0.39, 0.29) is 17.4 Å². The zero-order chi connectivity index (χ0) is 21.1. The number of anilines is 2. The highest BCUT2D eigenvalue weighted by molar-refractivity contribution is 6.05. The molecule has 2 aromatic carbocycles. The largest absolute Gasteiger partial charge is 0.322 e. The van der Waals surface area contributed by atoms with Crippen LogP contribution in [0.25, 0.3) is 0 Å². The molecule has 0 aliphatic carbocycles. The average Bonchev–Trinajstić information content (AvgIpc) is 3.19. The maximum absolute atomic E-state index is 12.7. The van der Waals surface area contributed by atoms with Gasteiger partial charge in [0, 0.05) is 42.2 Å². The van der Waals surface area contributed by atoms with E-state index < -0.39 is 0 Å². The summed E-state index contributed by atoms with van der Waals surface area (Å²) in [5.41, 5.74) is 4.10. The summed E-state index contributed by atoms with van der Waals surface area (Å²) in [6, 6.07) is 18.0. The zero-order valence-corrected chi connectivity index (χ0v) is 16.8. The Bertz CT molecular complexity index is 1150. The van der Waals surface area contributed by atoms with Gasteiger partial charge in [-0.3, -0.25) is 14.4 Å². The molecule has 1 aromatic heterocycles. The van der Waals surface area contributed by atoms with Crippen molar-refractivity contribution in [2.24, 2.45) is 0 Å². The first kappa shape index (κ1) is 19.6. The van der Waals surface area contributed by atoms with Crippen molar-refractivity contribution in [3.63, 3.8) is 0 Å². The van der Waals surface area contributed by atoms with Gasteiger partial charge in [0.25, 0.3) is 11.5 Å². The van der Waals surface area contributed by atoms with E-state index in [4.69, 9.17) is 0 Å². The van der Waals surface area contributed by atoms with Gasteiger partial charge in [0.2, 0.25) is 5.91 Å². The SMILES string of the molecule is CCC(=O)N1CCc2cc(C(=O)Nc3ccc(Cn4ccccc4=O)cc3)ccc21. The van der Waals surface area contributed by atoms with E-state index in [0.29, 0.717) is 30.8 Å². The number of hydrogen-bond acceptors (Lipinski definition) is 3. The highest BCUT2D eigenvalue weighted by atomic mass is 16.2. The first-order valence-corrected chi connectivity index (χ1v) is 10.0. The number of nitrogens with zero attached hydrogens (tertiary/aromatic N) is 2. The Morgan fingerprint density at radius 2 is 1.83 bits per heavy atom. The Kier molecular flexibility index (Phi) is 5.48. The predicted molar refractivity (Wildman–Crippen MR) is 117 cm³/mol. The summed E-state index contributed by atoms with van der Waals surface area (Å²) in [4.78, 5) is 38.3. The van der Waals surface area contributed by atoms with Crippen LogP contribution in [-0.4, -0.2) is 22.9 Å². The van der Waals surface area contributed by atoms with Gasteiger partial charge < -0.3 is 14.8 Å². The number of pyridine rings is 1. The summed E-state index contributed by atoms with van der Waals surface area (Å²) in [7, 11) is 0. The molecule has 1 N–H and O–H groups in total. The van der Waals surface area contributed by atoms with Crippen molar-refractivity contribution in [1.29, 1.82) is 0 Å². The molecule has 0 saturated carbocycles. The van der Waals surface area contributed by atoms with Crippen LogP contribution >= 0.6 is 0 Å². The standard InChI is InChI=1S/C24H23N3O3/c1-2-22(28)27-14-12-18-15-19(8-11-21(18)27)24(30)25-20-9-6-17(7-10-20)16-26-13-4-3-5-23(26)29/h3-11,13,15H,2,12,14,16H2,1H3,(H,25,30). The lowest BCUT2D eigenvalue weighted by atomic mass is 10.1. The van der Waals surface area contributed by atoms with Crippen LogP contribution in [-0.2, 0) is 17.8 Å². The number of carbonyl (C=O) groups is 2. The minimum atomic E-state index is -0.190. The van der Waals surface area contributed by atoms with Crippen LogP contribution in [0, 0.1) is 0 Å². The maximum Gasteiger partial charge on any atom is 0.255 e. The molecule has 0 fully saturated rings. The summed E-state index contributed by atoms with van der Waals surface area (Å²) in [6.07, 6.45) is 2.98. The van der Waals surface area contributed by atoms with Crippen molar-refractivity contribution in [2.45, 2.75) is 26.3 Å². The lowest BCUT2D eigenvalue weighted by Crippen LogP contribution is -2.27. The van der Waals surface area contributed by atoms with Gasteiger partial charge in [-0.15, -0.1) is 0 Å². The molecule has 0 radical (unpaired) electrons. The number of benzene rings is 2. The second-order valence-corrected chi connectivity index (χ2v) is 7.31. The van der Waals surface area contributed by atoms with Crippen molar-refractivity contribution >= 4 is 23.2 Å². The summed E-state index contributed by atoms with van der Waals surface area (Å²) in [5, 5.41) is 2.91. The minimum absolute atomic E-state index is 0.0503. The third-order valence-electron chi connectivity index (χ3n) is 5.30. The van der Waals surface area contributed by atoms with E-state index in [1.165, 1.54) is 6.07 Å². The van der Waals surface area contributed by atoms with Gasteiger partial charge in [0.05, 0.1) is 6.54 Å². The van der Waals surface area contributed by atoms with E-state index in [1.807, 2.05) is 49.4 Å². The van der Waals surface area contributed by atoms with Gasteiger partial charge in [-0.05, 0) is 53.9 Å². The van der Waals surface area contributed by atoms with Gasteiger partial charge in [-0.2, -0.15) is 0 Å². The highest BCUT2D eigenvalue weighted by Crippen LogP contribution is 2.29. The Morgan fingerprint density at radius 1 is 1.03 bits per heavy atom. The highest BCUT2D eigenvalue weighted by Gasteiger charge is 2.24. The average molecular weight is 401 g/mol. The van der Waals surface area contributed by atoms with Crippen molar-refractivity contribution < 1.29 is 9.59 Å². The van der Waals surface area contributed by atoms with Crippen LogP contribution in [0.5, 0.6) is 0 Å². The molecule has 2 amide bonds. The summed E-state index contributed by atoms with van der Waals surface area (Å²) < 4.78 is 1.63. The van der Waals surface area contributed by atoms with E-state index in [0.717, 1.165) is 23.2 Å². The molecule has 152 valence electrons. The smallest absolute Gasteiger partial charge is 0.255 e. The second kappa shape index (κ2) is 8.37. The van der Waals surface area contributed by atoms with Crippen LogP contribution in [0.3, 0.4) is 0 Å². The van der Waals surface area contributed by atoms with Crippen LogP contribution in [0.4, 0.5) is 11.4 Å². The maximum atomic E-state index is 12.7. The number of fused-ring (bicyclic) bond motifs is 1. The fraction of sp³-hybridized carbons (Fsp3) is 0.208. The predicted octanol–water partition coefficient (Wildman–Crippen LogP) is 3.45. The number of hydrogen-bond donors (Lipinski definition) is 1. The first-order chi connectivity index (χ1) is 14.5. The topological polar surface area (TPSA) is 71.4 Å². The van der Waals surface area contributed by atoms with Gasteiger partial charge >= 0.3 is 0 Å². The van der Waals surface area contributed by atoms with Gasteiger partial charge in [0.1, 0.15) is 0 Å². The summed E-state index contributed by atoms with van der Waals surface area (Å²) in [5.74, 6) is -0.0890. The fourth-order valence-corrected chi connectivity index (χ4v) is 3.68. The third-order valence-corrected chi connectivity index (χ3v) is 5.30. The molecule has 0 bridgehead atoms. The van der Waals surface area contributed by atoms with Crippen LogP contribution in [0.15, 0.2) is 71.7 Å². The van der Waals surface area contributed by atoms with Gasteiger partial charge in [-0.25, -0.2) is 0 Å². The quantitative estimate of drug-likeness (QED) is 0.712. The van der Waals surface area contributed by atoms with Crippen LogP contribution in [0.1, 0.15) is 34.8 Å². The summed E-state index contributed by atoms with van der Waals surface area (Å²) in [6.45, 7) is 3.00. The first-order valence-electron chi connectivity index (χ1n) is 10.0. The molecule has 4 rings (SSSR count). The molecule has 0 saturated heterocycles. The van der Waals surface area contributed by atoms with Crippen molar-refractivity contribution in [3.8, 4) is 0 Å². The van der Waals surface area contributed by atoms with E-state index in [9.17, 15) is 14.4 Å². The van der Waals surface area contributed by atoms with Crippen LogP contribution in [0.2, 0.25) is 0 Å². The normalized spacial score (nSPS) is 12.5. The molecular weight excluding hydrogens is 378 g/mol. The molecule has 2 heterocycles. The monoisotopic (exact) mass is 401 g/mol. The number of rotatable bonds is 5. The lowest BCUT2D eigenvalue weighted by molar-refractivity contribution is -0.118. The fourth-order valence-electron chi connectivity index (χ4n) is 3.68. The second-order valence-electron chi connectivity index (χ2n) is 7.31. The lowest BCUT2D eigenvalue weighted by Gasteiger charge is -2.16. The third kappa shape index (κ3) is 4.03. The van der Waals surface area contributed by atoms with Gasteiger partial charge in [0.15, 0.2) is 0 Å². The molecule has 0 spiro atoms.